The summed E-state index contributed by atoms with van der Waals surface area (Å²) in [6.07, 6.45) is -1.78. The fraction of sp³-hybridized carbons (Fsp3) is 0.286. The van der Waals surface area contributed by atoms with E-state index in [2.05, 4.69) is 14.7 Å². The van der Waals surface area contributed by atoms with E-state index in [-0.39, 0.29) is 0 Å². The number of hydrogen-bond acceptors (Lipinski definition) is 7. The first-order valence-electron chi connectivity index (χ1n) is 9.29. The first-order valence-corrected chi connectivity index (χ1v) is 10.5. The van der Waals surface area contributed by atoms with Gasteiger partial charge in [-0.3, -0.25) is 0 Å². The molecule has 0 aliphatic carbocycles. The van der Waals surface area contributed by atoms with Crippen LogP contribution in [0.2, 0.25) is 5.02 Å². The van der Waals surface area contributed by atoms with Gasteiger partial charge in [0.2, 0.25) is 10.7 Å². The van der Waals surface area contributed by atoms with E-state index in [1.54, 1.807) is 42.9 Å². The number of ether oxygens (including phenoxy) is 2. The molecule has 1 aliphatic heterocycles. The van der Waals surface area contributed by atoms with Crippen molar-refractivity contribution in [1.29, 1.82) is 0 Å². The second-order valence-electron chi connectivity index (χ2n) is 7.39. The number of pyridine rings is 1. The summed E-state index contributed by atoms with van der Waals surface area (Å²) in [6.45, 7) is 2.50. The normalized spacial score (nSPS) is 14.2. The summed E-state index contributed by atoms with van der Waals surface area (Å²) in [5.41, 5.74) is 0.393. The molecule has 3 rings (SSSR count). The third kappa shape index (κ3) is 6.17. The Kier molecular flexibility index (Phi) is 7.04. The van der Waals surface area contributed by atoms with Gasteiger partial charge in [-0.25, -0.2) is 14.7 Å². The zero-order valence-electron chi connectivity index (χ0n) is 17.3. The number of benzene rings is 1. The molecule has 0 amide bonds. The lowest BCUT2D eigenvalue weighted by Gasteiger charge is -2.26. The van der Waals surface area contributed by atoms with Crippen molar-refractivity contribution in [3.05, 3.63) is 58.2 Å². The molecule has 0 N–H and O–H groups in total. The number of aliphatic imine (C=N–C) groups is 1. The molecule has 0 bridgehead atoms. The molecular formula is C21H19ClF3N3O3S+. The van der Waals surface area contributed by atoms with Crippen LogP contribution in [0.15, 0.2) is 52.7 Å². The van der Waals surface area contributed by atoms with Crippen molar-refractivity contribution in [1.82, 2.24) is 14.9 Å². The van der Waals surface area contributed by atoms with Gasteiger partial charge in [0.1, 0.15) is 23.0 Å². The van der Waals surface area contributed by atoms with Gasteiger partial charge >= 0.3 is 12.1 Å². The maximum Gasteiger partial charge on any atom is 0.490 e. The summed E-state index contributed by atoms with van der Waals surface area (Å²) in [7, 11) is 1.87. The number of carbonyl (C=O) groups is 1. The van der Waals surface area contributed by atoms with E-state index in [9.17, 15) is 18.0 Å². The van der Waals surface area contributed by atoms with Crippen LogP contribution in [0.4, 0.5) is 13.2 Å². The Labute approximate surface area is 192 Å². The number of thioether (sulfide) groups is 1. The average molecular weight is 486 g/mol. The molecule has 2 aromatic rings. The van der Waals surface area contributed by atoms with Crippen LogP contribution >= 0.6 is 23.4 Å². The van der Waals surface area contributed by atoms with Gasteiger partial charge in [0.25, 0.3) is 6.34 Å². The predicted octanol–water partition coefficient (Wildman–Crippen LogP) is 4.73. The largest absolute Gasteiger partial charge is 0.490 e. The van der Waals surface area contributed by atoms with E-state index in [4.69, 9.17) is 16.3 Å². The minimum Gasteiger partial charge on any atom is -0.484 e. The molecule has 0 saturated carbocycles. The van der Waals surface area contributed by atoms with Gasteiger partial charge in [-0.2, -0.15) is 13.2 Å². The van der Waals surface area contributed by atoms with Crippen molar-refractivity contribution in [2.45, 2.75) is 30.7 Å². The number of carbonyl (C=O) groups excluding carboxylic acids is 1. The van der Waals surface area contributed by atoms with Crippen LogP contribution in [0.1, 0.15) is 19.4 Å². The highest BCUT2D eigenvalue weighted by Gasteiger charge is 2.42. The predicted molar refractivity (Wildman–Crippen MR) is 116 cm³/mol. The fourth-order valence-corrected chi connectivity index (χ4v) is 3.62. The highest BCUT2D eigenvalue weighted by Crippen LogP contribution is 2.35. The lowest BCUT2D eigenvalue weighted by Crippen LogP contribution is -2.38. The standard InChI is InChI=1S/C21H19ClF3N3O3S/c1-20(2,11-30-19(29)21(23,24)25)31-15-7-4-13(5-8-15)17-18(28(3)12-27-17)32-16-9-6-14(22)10-26-16/h4-10,12H,11H2,1-3H3/q+1. The van der Waals surface area contributed by atoms with Crippen LogP contribution in [0, 0.1) is 0 Å². The van der Waals surface area contributed by atoms with Crippen molar-refractivity contribution >= 4 is 41.4 Å². The molecule has 6 nitrogen and oxygen atoms in total. The van der Waals surface area contributed by atoms with Gasteiger partial charge in [0, 0.05) is 11.8 Å². The molecule has 1 radical (unpaired) electrons. The molecule has 2 heterocycles. The minimum absolute atomic E-state index is 0.409. The number of rotatable bonds is 7. The SMILES string of the molecule is CN1C=[N+]C(c2ccc(OC(C)(C)COC(=O)C(F)(F)F)cc2)=C1Sc1ccc(Cl)cn1. The summed E-state index contributed by atoms with van der Waals surface area (Å²) in [4.78, 5) is 21.5. The molecule has 1 aromatic carbocycles. The van der Waals surface area contributed by atoms with Gasteiger partial charge in [-0.15, -0.1) is 0 Å². The van der Waals surface area contributed by atoms with Gasteiger partial charge < -0.3 is 9.47 Å². The van der Waals surface area contributed by atoms with Crippen LogP contribution in [0.25, 0.3) is 5.70 Å². The molecule has 11 heteroatoms. The topological polar surface area (TPSA) is 65.8 Å². The summed E-state index contributed by atoms with van der Waals surface area (Å²) >= 11 is 7.33. The summed E-state index contributed by atoms with van der Waals surface area (Å²) in [5, 5.41) is 2.17. The number of nitrogens with zero attached hydrogens (tertiary/aromatic N) is 3. The van der Waals surface area contributed by atoms with Gasteiger partial charge in [-0.1, -0.05) is 11.6 Å². The van der Waals surface area contributed by atoms with E-state index in [0.717, 1.165) is 21.3 Å². The molecule has 0 saturated heterocycles. The second-order valence-corrected chi connectivity index (χ2v) is 8.83. The van der Waals surface area contributed by atoms with Crippen LogP contribution in [-0.4, -0.2) is 47.6 Å². The number of aromatic nitrogens is 1. The van der Waals surface area contributed by atoms with E-state index >= 15 is 0 Å². The van der Waals surface area contributed by atoms with Crippen molar-refractivity contribution in [2.24, 2.45) is 0 Å². The quantitative estimate of drug-likeness (QED) is 0.528. The van der Waals surface area contributed by atoms with E-state index in [1.165, 1.54) is 25.6 Å². The van der Waals surface area contributed by atoms with E-state index < -0.39 is 24.4 Å². The van der Waals surface area contributed by atoms with Gasteiger partial charge in [0.15, 0.2) is 0 Å². The van der Waals surface area contributed by atoms with Gasteiger partial charge in [-0.05, 0) is 67.0 Å². The monoisotopic (exact) mass is 485 g/mol. The molecular weight excluding hydrogens is 467 g/mol. The molecule has 32 heavy (non-hydrogen) atoms. The highest BCUT2D eigenvalue weighted by molar-refractivity contribution is 8.03. The Morgan fingerprint density at radius 1 is 1.19 bits per heavy atom. The zero-order valence-corrected chi connectivity index (χ0v) is 18.9. The van der Waals surface area contributed by atoms with Gasteiger partial charge in [0.05, 0.1) is 12.1 Å². The smallest absolute Gasteiger partial charge is 0.484 e. The van der Waals surface area contributed by atoms with Crippen LogP contribution < -0.4 is 9.73 Å². The molecule has 0 atom stereocenters. The average Bonchev–Trinajstić information content (AvgIpc) is 3.08. The van der Waals surface area contributed by atoms with E-state index in [0.29, 0.717) is 10.8 Å². The minimum atomic E-state index is -5.04. The number of halogens is 4. The molecule has 0 unspecified atom stereocenters. The maximum atomic E-state index is 12.3. The van der Waals surface area contributed by atoms with Crippen molar-refractivity contribution in [2.75, 3.05) is 13.7 Å². The third-order valence-corrected chi connectivity index (χ3v) is 5.44. The number of hydrogen-bond donors (Lipinski definition) is 0. The first kappa shape index (κ1) is 23.9. The Morgan fingerprint density at radius 3 is 2.47 bits per heavy atom. The van der Waals surface area contributed by atoms with Crippen LogP contribution in [0.3, 0.4) is 0 Å². The first-order chi connectivity index (χ1) is 14.9. The summed E-state index contributed by atoms with van der Waals surface area (Å²) < 4.78 is 46.9. The Hall–Kier alpha value is -2.72. The lowest BCUT2D eigenvalue weighted by atomic mass is 10.1. The lowest BCUT2D eigenvalue weighted by molar-refractivity contribution is -0.203. The summed E-state index contributed by atoms with van der Waals surface area (Å²) in [6, 6.07) is 10.5. The second kappa shape index (κ2) is 9.41. The molecule has 169 valence electrons. The van der Waals surface area contributed by atoms with Crippen molar-refractivity contribution in [3.8, 4) is 5.75 Å². The Balaban J connectivity index is 1.71. The van der Waals surface area contributed by atoms with Crippen LogP contribution in [-0.2, 0) is 9.53 Å². The van der Waals surface area contributed by atoms with Crippen molar-refractivity contribution < 1.29 is 27.4 Å². The highest BCUT2D eigenvalue weighted by atomic mass is 35.5. The summed E-state index contributed by atoms with van der Waals surface area (Å²) in [5.74, 6) is -1.84. The maximum absolute atomic E-state index is 12.3. The Bertz CT molecular complexity index is 1040. The Morgan fingerprint density at radius 2 is 1.88 bits per heavy atom. The molecule has 0 fully saturated rings. The molecule has 0 spiro atoms. The van der Waals surface area contributed by atoms with Crippen LogP contribution in [0.5, 0.6) is 5.75 Å². The molecule has 1 aliphatic rings. The third-order valence-electron chi connectivity index (χ3n) is 4.09. The van der Waals surface area contributed by atoms with Crippen molar-refractivity contribution in [3.63, 3.8) is 0 Å². The number of esters is 1. The fourth-order valence-electron chi connectivity index (χ4n) is 2.61. The number of alkyl halides is 3. The molecule has 1 aromatic heterocycles. The zero-order chi connectivity index (χ0) is 23.5. The van der Waals surface area contributed by atoms with E-state index in [1.807, 2.05) is 18.0 Å².